The Morgan fingerprint density at radius 1 is 1.21 bits per heavy atom. The number of fused-ring (bicyclic) bond motifs is 3. The number of hydrogen-bond acceptors (Lipinski definition) is 7. The van der Waals surface area contributed by atoms with Gasteiger partial charge in [0.15, 0.2) is 12.4 Å². The standard InChI is InChI=1S/C19H17F2N3O3S/c20-19(21)27-12-7-3-1-5-10(12)18(25)26-9-14-23-16(22)15-11-6-2-4-8-13(11)28-17(15)24-14/h1,3,5,7,19H,2,4,6,8-9H2,(H2,22,23,24). The highest BCUT2D eigenvalue weighted by Gasteiger charge is 2.21. The van der Waals surface area contributed by atoms with Crippen molar-refractivity contribution in [3.63, 3.8) is 0 Å². The van der Waals surface area contributed by atoms with Crippen LogP contribution in [0.5, 0.6) is 5.75 Å². The highest BCUT2D eigenvalue weighted by atomic mass is 32.1. The average Bonchev–Trinajstić information content (AvgIpc) is 3.05. The molecule has 2 heterocycles. The monoisotopic (exact) mass is 405 g/mol. The van der Waals surface area contributed by atoms with Gasteiger partial charge < -0.3 is 15.2 Å². The molecule has 0 aliphatic heterocycles. The van der Waals surface area contributed by atoms with Crippen molar-refractivity contribution in [2.75, 3.05) is 5.73 Å². The molecule has 2 aromatic heterocycles. The van der Waals surface area contributed by atoms with Crippen molar-refractivity contribution in [2.24, 2.45) is 0 Å². The van der Waals surface area contributed by atoms with Crippen LogP contribution in [0, 0.1) is 0 Å². The number of anilines is 1. The lowest BCUT2D eigenvalue weighted by Crippen LogP contribution is -2.12. The van der Waals surface area contributed by atoms with Gasteiger partial charge in [0, 0.05) is 4.88 Å². The third kappa shape index (κ3) is 3.62. The van der Waals surface area contributed by atoms with Crippen LogP contribution in [0.15, 0.2) is 24.3 Å². The number of halogens is 2. The Labute approximate surface area is 163 Å². The number of aryl methyl sites for hydroxylation is 2. The maximum Gasteiger partial charge on any atom is 0.387 e. The number of hydrogen-bond donors (Lipinski definition) is 1. The summed E-state index contributed by atoms with van der Waals surface area (Å²) >= 11 is 1.59. The van der Waals surface area contributed by atoms with Crippen LogP contribution in [-0.4, -0.2) is 22.5 Å². The van der Waals surface area contributed by atoms with Crippen LogP contribution >= 0.6 is 11.3 Å². The zero-order valence-electron chi connectivity index (χ0n) is 14.8. The molecule has 1 aliphatic rings. The lowest BCUT2D eigenvalue weighted by atomic mass is 9.97. The van der Waals surface area contributed by atoms with Crippen LogP contribution in [0.2, 0.25) is 0 Å². The number of nitrogens with zero attached hydrogens (tertiary/aromatic N) is 2. The number of nitrogen functional groups attached to an aromatic ring is 1. The van der Waals surface area contributed by atoms with Crippen molar-refractivity contribution in [3.8, 4) is 5.75 Å². The lowest BCUT2D eigenvalue weighted by Gasteiger charge is -2.11. The van der Waals surface area contributed by atoms with Crippen molar-refractivity contribution < 1.29 is 23.0 Å². The number of rotatable bonds is 5. The van der Waals surface area contributed by atoms with Crippen molar-refractivity contribution in [1.82, 2.24) is 9.97 Å². The van der Waals surface area contributed by atoms with Gasteiger partial charge in [-0.2, -0.15) is 8.78 Å². The fourth-order valence-electron chi connectivity index (χ4n) is 3.34. The Morgan fingerprint density at radius 2 is 2.00 bits per heavy atom. The molecule has 0 unspecified atom stereocenters. The smallest absolute Gasteiger partial charge is 0.387 e. The van der Waals surface area contributed by atoms with E-state index >= 15 is 0 Å². The molecule has 4 rings (SSSR count). The molecule has 2 N–H and O–H groups in total. The fourth-order valence-corrected chi connectivity index (χ4v) is 4.63. The molecule has 0 bridgehead atoms. The SMILES string of the molecule is Nc1nc(COC(=O)c2ccccc2OC(F)F)nc2sc3c(c12)CCCC3. The van der Waals surface area contributed by atoms with Gasteiger partial charge in [-0.15, -0.1) is 11.3 Å². The van der Waals surface area contributed by atoms with E-state index in [-0.39, 0.29) is 23.7 Å². The third-order valence-corrected chi connectivity index (χ3v) is 5.73. The van der Waals surface area contributed by atoms with Gasteiger partial charge in [-0.25, -0.2) is 14.8 Å². The first kappa shape index (κ1) is 18.5. The molecule has 146 valence electrons. The molecule has 28 heavy (non-hydrogen) atoms. The number of carbonyl (C=O) groups is 1. The van der Waals surface area contributed by atoms with Crippen LogP contribution in [0.3, 0.4) is 0 Å². The van der Waals surface area contributed by atoms with Crippen LogP contribution in [0.1, 0.15) is 39.5 Å². The molecule has 3 aromatic rings. The maximum atomic E-state index is 12.5. The van der Waals surface area contributed by atoms with E-state index in [4.69, 9.17) is 10.5 Å². The fraction of sp³-hybridized carbons (Fsp3) is 0.316. The highest BCUT2D eigenvalue weighted by Crippen LogP contribution is 2.37. The van der Waals surface area contributed by atoms with E-state index in [0.717, 1.165) is 35.9 Å². The summed E-state index contributed by atoms with van der Waals surface area (Å²) in [6.07, 6.45) is 4.26. The maximum absolute atomic E-state index is 12.5. The van der Waals surface area contributed by atoms with Gasteiger partial charge in [0.1, 0.15) is 22.0 Å². The van der Waals surface area contributed by atoms with Gasteiger partial charge in [0.05, 0.1) is 5.39 Å². The summed E-state index contributed by atoms with van der Waals surface area (Å²) in [5, 5.41) is 0.894. The van der Waals surface area contributed by atoms with Crippen LogP contribution < -0.4 is 10.5 Å². The molecule has 1 aromatic carbocycles. The quantitative estimate of drug-likeness (QED) is 0.643. The minimum absolute atomic E-state index is 0.0940. The summed E-state index contributed by atoms with van der Waals surface area (Å²) in [5.74, 6) is -0.408. The van der Waals surface area contributed by atoms with Crippen LogP contribution in [0.4, 0.5) is 14.6 Å². The van der Waals surface area contributed by atoms with E-state index in [1.54, 1.807) is 11.3 Å². The molecule has 0 radical (unpaired) electrons. The largest absolute Gasteiger partial charge is 0.454 e. The second-order valence-corrected chi connectivity index (χ2v) is 7.45. The summed E-state index contributed by atoms with van der Waals surface area (Å²) in [6.45, 7) is -3.26. The highest BCUT2D eigenvalue weighted by molar-refractivity contribution is 7.19. The summed E-state index contributed by atoms with van der Waals surface area (Å²) in [7, 11) is 0. The van der Waals surface area contributed by atoms with E-state index in [1.807, 2.05) is 0 Å². The van der Waals surface area contributed by atoms with Crippen molar-refractivity contribution in [3.05, 3.63) is 46.1 Å². The molecule has 6 nitrogen and oxygen atoms in total. The molecular weight excluding hydrogens is 388 g/mol. The minimum Gasteiger partial charge on any atom is -0.454 e. The Kier molecular flexibility index (Phi) is 5.08. The lowest BCUT2D eigenvalue weighted by molar-refractivity contribution is -0.0505. The first-order valence-electron chi connectivity index (χ1n) is 8.80. The van der Waals surface area contributed by atoms with E-state index < -0.39 is 12.6 Å². The van der Waals surface area contributed by atoms with Crippen LogP contribution in [-0.2, 0) is 24.2 Å². The molecular formula is C19H17F2N3O3S. The van der Waals surface area contributed by atoms with Gasteiger partial charge in [0.2, 0.25) is 0 Å². The Bertz CT molecular complexity index is 1040. The number of nitrogens with two attached hydrogens (primary N) is 1. The number of thiophene rings is 1. The number of ether oxygens (including phenoxy) is 2. The number of esters is 1. The van der Waals surface area contributed by atoms with Crippen LogP contribution in [0.25, 0.3) is 10.2 Å². The number of carbonyl (C=O) groups excluding carboxylic acids is 1. The molecule has 0 atom stereocenters. The summed E-state index contributed by atoms with van der Waals surface area (Å²) in [5.41, 5.74) is 7.27. The minimum atomic E-state index is -3.04. The van der Waals surface area contributed by atoms with Crippen molar-refractivity contribution in [2.45, 2.75) is 38.9 Å². The van der Waals surface area contributed by atoms with Crippen molar-refractivity contribution >= 4 is 33.3 Å². The topological polar surface area (TPSA) is 87.3 Å². The summed E-state index contributed by atoms with van der Waals surface area (Å²) in [6, 6.07) is 5.65. The Hall–Kier alpha value is -2.81. The number of alkyl halides is 2. The number of benzene rings is 1. The first-order valence-corrected chi connectivity index (χ1v) is 9.62. The zero-order chi connectivity index (χ0) is 19.7. The number of para-hydroxylation sites is 1. The zero-order valence-corrected chi connectivity index (χ0v) is 15.6. The van der Waals surface area contributed by atoms with Gasteiger partial charge >= 0.3 is 12.6 Å². The molecule has 1 aliphatic carbocycles. The van der Waals surface area contributed by atoms with Crippen molar-refractivity contribution in [1.29, 1.82) is 0 Å². The first-order chi connectivity index (χ1) is 13.5. The van der Waals surface area contributed by atoms with E-state index in [9.17, 15) is 13.6 Å². The predicted molar refractivity (Wildman–Crippen MR) is 101 cm³/mol. The third-order valence-electron chi connectivity index (χ3n) is 4.54. The van der Waals surface area contributed by atoms with Gasteiger partial charge in [0.25, 0.3) is 0 Å². The van der Waals surface area contributed by atoms with E-state index in [2.05, 4.69) is 14.7 Å². The van der Waals surface area contributed by atoms with Gasteiger partial charge in [-0.1, -0.05) is 12.1 Å². The molecule has 0 amide bonds. The van der Waals surface area contributed by atoms with E-state index in [1.165, 1.54) is 34.7 Å². The van der Waals surface area contributed by atoms with E-state index in [0.29, 0.717) is 5.82 Å². The number of aromatic nitrogens is 2. The molecule has 0 fully saturated rings. The van der Waals surface area contributed by atoms with Gasteiger partial charge in [-0.3, -0.25) is 0 Å². The Morgan fingerprint density at radius 3 is 2.82 bits per heavy atom. The molecule has 0 saturated heterocycles. The summed E-state index contributed by atoms with van der Waals surface area (Å²) < 4.78 is 34.6. The normalized spacial score (nSPS) is 13.5. The second-order valence-electron chi connectivity index (χ2n) is 6.37. The molecule has 9 heteroatoms. The van der Waals surface area contributed by atoms with Gasteiger partial charge in [-0.05, 0) is 43.4 Å². The predicted octanol–water partition coefficient (Wildman–Crippen LogP) is 4.11. The second kappa shape index (κ2) is 7.67. The molecule has 0 spiro atoms. The Balaban J connectivity index is 1.54. The average molecular weight is 405 g/mol. The molecule has 0 saturated carbocycles. The summed E-state index contributed by atoms with van der Waals surface area (Å²) in [4.78, 5) is 23.1.